The van der Waals surface area contributed by atoms with Crippen molar-refractivity contribution in [1.29, 1.82) is 0 Å². The van der Waals surface area contributed by atoms with Crippen molar-refractivity contribution in [2.75, 3.05) is 5.32 Å². The number of nitrogens with one attached hydrogen (secondary N) is 1. The van der Waals surface area contributed by atoms with E-state index >= 15 is 0 Å². The largest absolute Gasteiger partial charge is 0.449 e. The predicted molar refractivity (Wildman–Crippen MR) is 95.9 cm³/mol. The zero-order chi connectivity index (χ0) is 17.9. The molecule has 2 rings (SSSR count). The van der Waals surface area contributed by atoms with Crippen LogP contribution in [0.25, 0.3) is 0 Å². The van der Waals surface area contributed by atoms with Crippen LogP contribution in [0, 0.1) is 13.8 Å². The average molecular weight is 366 g/mol. The monoisotopic (exact) mass is 365 g/mol. The highest BCUT2D eigenvalue weighted by atomic mass is 35.5. The van der Waals surface area contributed by atoms with E-state index in [0.717, 1.165) is 11.1 Å². The summed E-state index contributed by atoms with van der Waals surface area (Å²) < 4.78 is 5.21. The fourth-order valence-electron chi connectivity index (χ4n) is 2.02. The second kappa shape index (κ2) is 7.69. The van der Waals surface area contributed by atoms with Crippen LogP contribution < -0.4 is 5.32 Å². The van der Waals surface area contributed by atoms with Gasteiger partial charge in [0.2, 0.25) is 0 Å². The number of carbonyl (C=O) groups excluding carboxylic acids is 2. The van der Waals surface area contributed by atoms with Crippen molar-refractivity contribution < 1.29 is 14.3 Å². The SMILES string of the molecule is Cc1ccc(C(=O)O[C@H](C)C(=O)Nc2cc(Cl)cc(Cl)c2)cc1C. The summed E-state index contributed by atoms with van der Waals surface area (Å²) in [5, 5.41) is 3.42. The molecule has 4 nitrogen and oxygen atoms in total. The minimum Gasteiger partial charge on any atom is -0.449 e. The number of hydrogen-bond acceptors (Lipinski definition) is 3. The molecule has 0 saturated carbocycles. The molecule has 6 heteroatoms. The third-order valence-electron chi connectivity index (χ3n) is 3.53. The number of rotatable bonds is 4. The highest BCUT2D eigenvalue weighted by Gasteiger charge is 2.19. The maximum absolute atomic E-state index is 12.1. The lowest BCUT2D eigenvalue weighted by Gasteiger charge is -2.14. The average Bonchev–Trinajstić information content (AvgIpc) is 2.48. The normalized spacial score (nSPS) is 11.7. The second-order valence-corrected chi connectivity index (χ2v) is 6.37. The number of anilines is 1. The van der Waals surface area contributed by atoms with Gasteiger partial charge in [-0.2, -0.15) is 0 Å². The molecule has 0 radical (unpaired) electrons. The minimum absolute atomic E-state index is 0.401. The Kier molecular flexibility index (Phi) is 5.86. The van der Waals surface area contributed by atoms with Crippen molar-refractivity contribution in [3.05, 3.63) is 63.1 Å². The Balaban J connectivity index is 2.02. The van der Waals surface area contributed by atoms with Gasteiger partial charge < -0.3 is 10.1 Å². The van der Waals surface area contributed by atoms with Gasteiger partial charge in [-0.15, -0.1) is 0 Å². The van der Waals surface area contributed by atoms with Gasteiger partial charge in [0.05, 0.1) is 5.56 Å². The molecule has 0 aromatic heterocycles. The number of amides is 1. The van der Waals surface area contributed by atoms with Gasteiger partial charge in [-0.3, -0.25) is 4.79 Å². The smallest absolute Gasteiger partial charge is 0.338 e. The Morgan fingerprint density at radius 2 is 1.62 bits per heavy atom. The Morgan fingerprint density at radius 3 is 2.21 bits per heavy atom. The molecule has 0 bridgehead atoms. The molecule has 2 aromatic carbocycles. The van der Waals surface area contributed by atoms with E-state index in [0.29, 0.717) is 21.3 Å². The van der Waals surface area contributed by atoms with Crippen LogP contribution in [0.4, 0.5) is 5.69 Å². The van der Waals surface area contributed by atoms with E-state index in [1.54, 1.807) is 30.3 Å². The van der Waals surface area contributed by atoms with Crippen molar-refractivity contribution in [2.45, 2.75) is 26.9 Å². The summed E-state index contributed by atoms with van der Waals surface area (Å²) in [5.74, 6) is -1.02. The van der Waals surface area contributed by atoms with Crippen molar-refractivity contribution >= 4 is 40.8 Å². The van der Waals surface area contributed by atoms with Crippen LogP contribution in [-0.2, 0) is 9.53 Å². The zero-order valence-corrected chi connectivity index (χ0v) is 15.0. The first-order valence-corrected chi connectivity index (χ1v) is 8.07. The molecule has 1 amide bonds. The van der Waals surface area contributed by atoms with Crippen LogP contribution in [0.3, 0.4) is 0 Å². The van der Waals surface area contributed by atoms with Gasteiger partial charge in [-0.25, -0.2) is 4.79 Å². The zero-order valence-electron chi connectivity index (χ0n) is 13.5. The first-order valence-electron chi connectivity index (χ1n) is 7.31. The predicted octanol–water partition coefficient (Wildman–Crippen LogP) is 4.79. The lowest BCUT2D eigenvalue weighted by molar-refractivity contribution is -0.123. The number of ether oxygens (including phenoxy) is 1. The van der Waals surface area contributed by atoms with E-state index in [9.17, 15) is 9.59 Å². The van der Waals surface area contributed by atoms with E-state index in [1.165, 1.54) is 6.92 Å². The molecule has 126 valence electrons. The summed E-state index contributed by atoms with van der Waals surface area (Å²) in [6.45, 7) is 5.36. The van der Waals surface area contributed by atoms with E-state index in [-0.39, 0.29) is 0 Å². The minimum atomic E-state index is -0.961. The summed E-state index contributed by atoms with van der Waals surface area (Å²) >= 11 is 11.8. The molecule has 1 N–H and O–H groups in total. The Bertz CT molecular complexity index is 770. The van der Waals surface area contributed by atoms with Crippen LogP contribution in [-0.4, -0.2) is 18.0 Å². The molecule has 0 fully saturated rings. The summed E-state index contributed by atoms with van der Waals surface area (Å²) in [4.78, 5) is 24.3. The first kappa shape index (κ1) is 18.3. The molecule has 24 heavy (non-hydrogen) atoms. The molecule has 0 aliphatic rings. The number of benzene rings is 2. The number of aryl methyl sites for hydroxylation is 2. The lowest BCUT2D eigenvalue weighted by atomic mass is 10.1. The van der Waals surface area contributed by atoms with Crippen LogP contribution in [0.5, 0.6) is 0 Å². The molecule has 0 saturated heterocycles. The van der Waals surface area contributed by atoms with E-state index < -0.39 is 18.0 Å². The lowest BCUT2D eigenvalue weighted by Crippen LogP contribution is -2.30. The maximum atomic E-state index is 12.1. The van der Waals surface area contributed by atoms with Crippen LogP contribution in [0.2, 0.25) is 10.0 Å². The molecule has 0 spiro atoms. The highest BCUT2D eigenvalue weighted by molar-refractivity contribution is 6.35. The molecule has 0 unspecified atom stereocenters. The Morgan fingerprint density at radius 1 is 1.00 bits per heavy atom. The number of hydrogen-bond donors (Lipinski definition) is 1. The van der Waals surface area contributed by atoms with Crippen molar-refractivity contribution in [2.24, 2.45) is 0 Å². The van der Waals surface area contributed by atoms with E-state index in [2.05, 4.69) is 5.32 Å². The maximum Gasteiger partial charge on any atom is 0.338 e. The van der Waals surface area contributed by atoms with Crippen LogP contribution in [0.15, 0.2) is 36.4 Å². The Hall–Kier alpha value is -2.04. The van der Waals surface area contributed by atoms with Crippen LogP contribution in [0.1, 0.15) is 28.4 Å². The quantitative estimate of drug-likeness (QED) is 0.792. The van der Waals surface area contributed by atoms with Gasteiger partial charge in [0.1, 0.15) is 0 Å². The van der Waals surface area contributed by atoms with E-state index in [1.807, 2.05) is 19.9 Å². The first-order chi connectivity index (χ1) is 11.3. The second-order valence-electron chi connectivity index (χ2n) is 5.49. The van der Waals surface area contributed by atoms with Gasteiger partial charge in [-0.1, -0.05) is 29.3 Å². The fraction of sp³-hybridized carbons (Fsp3) is 0.222. The van der Waals surface area contributed by atoms with Gasteiger partial charge in [0, 0.05) is 15.7 Å². The van der Waals surface area contributed by atoms with Crippen molar-refractivity contribution in [3.63, 3.8) is 0 Å². The number of esters is 1. The molecular weight excluding hydrogens is 349 g/mol. The summed E-state index contributed by atoms with van der Waals surface area (Å²) in [6.07, 6.45) is -0.961. The van der Waals surface area contributed by atoms with Crippen LogP contribution >= 0.6 is 23.2 Å². The van der Waals surface area contributed by atoms with E-state index in [4.69, 9.17) is 27.9 Å². The summed E-state index contributed by atoms with van der Waals surface area (Å²) in [7, 11) is 0. The summed E-state index contributed by atoms with van der Waals surface area (Å²) in [5.41, 5.74) is 2.90. The van der Waals surface area contributed by atoms with Gasteiger partial charge in [0.15, 0.2) is 6.10 Å². The van der Waals surface area contributed by atoms with Gasteiger partial charge >= 0.3 is 5.97 Å². The number of carbonyl (C=O) groups is 2. The topological polar surface area (TPSA) is 55.4 Å². The van der Waals surface area contributed by atoms with Crippen molar-refractivity contribution in [3.8, 4) is 0 Å². The molecule has 2 aromatic rings. The van der Waals surface area contributed by atoms with Gasteiger partial charge in [0.25, 0.3) is 5.91 Å². The third-order valence-corrected chi connectivity index (χ3v) is 3.96. The molecular formula is C18H17Cl2NO3. The molecule has 0 heterocycles. The molecule has 0 aliphatic heterocycles. The standard InChI is InChI=1S/C18H17Cl2NO3/c1-10-4-5-13(6-11(10)2)18(23)24-12(3)17(22)21-16-8-14(19)7-15(20)9-16/h4-9,12H,1-3H3,(H,21,22)/t12-/m1/s1. The number of halogens is 2. The summed E-state index contributed by atoms with van der Waals surface area (Å²) in [6, 6.07) is 9.92. The Labute approximate surface area is 150 Å². The molecule has 1 atom stereocenters. The highest BCUT2D eigenvalue weighted by Crippen LogP contribution is 2.22. The third kappa shape index (κ3) is 4.73. The molecule has 0 aliphatic carbocycles. The van der Waals surface area contributed by atoms with Gasteiger partial charge in [-0.05, 0) is 62.2 Å². The van der Waals surface area contributed by atoms with Crippen molar-refractivity contribution in [1.82, 2.24) is 0 Å². The fourth-order valence-corrected chi connectivity index (χ4v) is 2.55.